The van der Waals surface area contributed by atoms with E-state index in [9.17, 15) is 4.79 Å². The minimum Gasteiger partial charge on any atom is -0.374 e. The van der Waals surface area contributed by atoms with E-state index in [4.69, 9.17) is 18.9 Å². The van der Waals surface area contributed by atoms with E-state index in [1.165, 1.54) is 12.0 Å². The normalized spacial score (nSPS) is 30.4. The van der Waals surface area contributed by atoms with E-state index in [0.29, 0.717) is 44.4 Å². The zero-order chi connectivity index (χ0) is 25.8. The second-order valence-electron chi connectivity index (χ2n) is 12.7. The Balaban J connectivity index is 1.26. The molecule has 1 aliphatic heterocycles. The zero-order valence-electron chi connectivity index (χ0n) is 23.2. The summed E-state index contributed by atoms with van der Waals surface area (Å²) >= 11 is 0. The minimum atomic E-state index is -0.499. The minimum absolute atomic E-state index is 0.118. The average Bonchev–Trinajstić information content (AvgIpc) is 3.41. The lowest BCUT2D eigenvalue weighted by atomic mass is 9.61. The monoisotopic (exact) mass is 500 g/mol. The van der Waals surface area contributed by atoms with Crippen molar-refractivity contribution in [1.29, 1.82) is 0 Å². The van der Waals surface area contributed by atoms with Gasteiger partial charge in [0.05, 0.1) is 37.6 Å². The molecule has 5 atom stereocenters. The van der Waals surface area contributed by atoms with Gasteiger partial charge in [0, 0.05) is 25.2 Å². The molecule has 3 aliphatic rings. The van der Waals surface area contributed by atoms with Gasteiger partial charge in [-0.3, -0.25) is 4.79 Å². The number of benzene rings is 1. The summed E-state index contributed by atoms with van der Waals surface area (Å²) in [7, 11) is 0. The van der Waals surface area contributed by atoms with Crippen LogP contribution in [0.2, 0.25) is 0 Å². The Morgan fingerprint density at radius 2 is 1.81 bits per heavy atom. The standard InChI is InChI=1S/C31H48O5/c1-23(33-22-24-11-7-6-8-12-24)10-9-13-27(32)16-14-26-20-30(5)25(21-31(26)34-18-19-35-31)15-17-28(30)36-29(2,3)4/h6-8,11-12,23,25-26,28H,9-10,13-22H2,1-5H3/t23-,25+,26-,28+,30+/m1/s1. The first-order chi connectivity index (χ1) is 17.1. The molecule has 0 N–H and O–H groups in total. The summed E-state index contributed by atoms with van der Waals surface area (Å²) in [6, 6.07) is 10.2. The number of ether oxygens (including phenoxy) is 4. The topological polar surface area (TPSA) is 54.0 Å². The molecular formula is C31H48O5. The lowest BCUT2D eigenvalue weighted by Gasteiger charge is -2.51. The van der Waals surface area contributed by atoms with E-state index in [2.05, 4.69) is 46.8 Å². The molecule has 0 unspecified atom stereocenters. The predicted molar refractivity (Wildman–Crippen MR) is 142 cm³/mol. The Kier molecular flexibility index (Phi) is 8.97. The molecule has 2 aliphatic carbocycles. The number of carbonyl (C=O) groups excluding carboxylic acids is 1. The molecule has 3 fully saturated rings. The molecule has 0 bridgehead atoms. The molecule has 1 saturated heterocycles. The first-order valence-corrected chi connectivity index (χ1v) is 14.2. The van der Waals surface area contributed by atoms with Crippen molar-refractivity contribution in [2.24, 2.45) is 17.3 Å². The SMILES string of the molecule is C[C@H](CCCC(=O)CC[C@@H]1C[C@@]2(C)[C@@H](CC[C@@H]2OC(C)(C)C)CC12OCCO2)OCc1ccccc1. The van der Waals surface area contributed by atoms with Crippen LogP contribution in [0.25, 0.3) is 0 Å². The Hall–Kier alpha value is -1.27. The van der Waals surface area contributed by atoms with Gasteiger partial charge < -0.3 is 18.9 Å². The van der Waals surface area contributed by atoms with Gasteiger partial charge >= 0.3 is 0 Å². The van der Waals surface area contributed by atoms with Crippen LogP contribution in [-0.2, 0) is 30.3 Å². The number of fused-ring (bicyclic) bond motifs is 1. The second-order valence-corrected chi connectivity index (χ2v) is 12.7. The largest absolute Gasteiger partial charge is 0.374 e. The van der Waals surface area contributed by atoms with Gasteiger partial charge in [0.1, 0.15) is 5.78 Å². The average molecular weight is 501 g/mol. The maximum atomic E-state index is 12.9. The Bertz CT molecular complexity index is 840. The smallest absolute Gasteiger partial charge is 0.171 e. The van der Waals surface area contributed by atoms with Crippen LogP contribution in [-0.4, -0.2) is 42.6 Å². The van der Waals surface area contributed by atoms with E-state index in [-0.39, 0.29) is 29.1 Å². The number of carbonyl (C=O) groups is 1. The highest BCUT2D eigenvalue weighted by molar-refractivity contribution is 5.78. The van der Waals surface area contributed by atoms with Crippen LogP contribution >= 0.6 is 0 Å². The van der Waals surface area contributed by atoms with Gasteiger partial charge in [-0.15, -0.1) is 0 Å². The lowest BCUT2D eigenvalue weighted by molar-refractivity contribution is -0.250. The summed E-state index contributed by atoms with van der Waals surface area (Å²) in [4.78, 5) is 12.9. The van der Waals surface area contributed by atoms with Crippen LogP contribution in [0, 0.1) is 17.3 Å². The van der Waals surface area contributed by atoms with Crippen molar-refractivity contribution < 1.29 is 23.7 Å². The molecule has 1 aromatic carbocycles. The molecule has 0 aromatic heterocycles. The highest BCUT2D eigenvalue weighted by Crippen LogP contribution is 2.60. The van der Waals surface area contributed by atoms with Crippen LogP contribution in [0.4, 0.5) is 0 Å². The van der Waals surface area contributed by atoms with Crippen LogP contribution in [0.5, 0.6) is 0 Å². The fourth-order valence-corrected chi connectivity index (χ4v) is 6.81. The molecule has 0 amide bonds. The van der Waals surface area contributed by atoms with Crippen molar-refractivity contribution in [3.8, 4) is 0 Å². The van der Waals surface area contributed by atoms with Gasteiger partial charge in [0.15, 0.2) is 5.79 Å². The van der Waals surface area contributed by atoms with Crippen molar-refractivity contribution in [2.75, 3.05) is 13.2 Å². The van der Waals surface area contributed by atoms with Crippen LogP contribution in [0.1, 0.15) is 98.0 Å². The summed E-state index contributed by atoms with van der Waals surface area (Å²) in [6.07, 6.45) is 8.47. The molecule has 5 nitrogen and oxygen atoms in total. The summed E-state index contributed by atoms with van der Waals surface area (Å²) in [6.45, 7) is 12.9. The second kappa shape index (κ2) is 11.6. The fourth-order valence-electron chi connectivity index (χ4n) is 6.81. The lowest BCUT2D eigenvalue weighted by Crippen LogP contribution is -2.53. The van der Waals surface area contributed by atoms with Crippen LogP contribution in [0.3, 0.4) is 0 Å². The van der Waals surface area contributed by atoms with Gasteiger partial charge in [-0.1, -0.05) is 37.3 Å². The Morgan fingerprint density at radius 3 is 2.50 bits per heavy atom. The van der Waals surface area contributed by atoms with Gasteiger partial charge in [-0.05, 0) is 83.1 Å². The quantitative estimate of drug-likeness (QED) is 0.332. The Labute approximate surface area is 218 Å². The predicted octanol–water partition coefficient (Wildman–Crippen LogP) is 6.86. The maximum Gasteiger partial charge on any atom is 0.171 e. The molecule has 1 aromatic rings. The number of Topliss-reactive ketones (excluding diaryl/α,β-unsaturated/α-hetero) is 1. The van der Waals surface area contributed by atoms with E-state index < -0.39 is 5.79 Å². The van der Waals surface area contributed by atoms with Crippen molar-refractivity contribution in [3.63, 3.8) is 0 Å². The van der Waals surface area contributed by atoms with Crippen molar-refractivity contribution >= 4 is 5.78 Å². The van der Waals surface area contributed by atoms with E-state index >= 15 is 0 Å². The van der Waals surface area contributed by atoms with E-state index in [1.54, 1.807) is 0 Å². The molecule has 1 spiro atoms. The molecule has 5 heteroatoms. The van der Waals surface area contributed by atoms with Crippen LogP contribution in [0.15, 0.2) is 30.3 Å². The van der Waals surface area contributed by atoms with Gasteiger partial charge in [-0.25, -0.2) is 0 Å². The number of hydrogen-bond acceptors (Lipinski definition) is 5. The van der Waals surface area contributed by atoms with E-state index in [0.717, 1.165) is 38.5 Å². The molecule has 0 radical (unpaired) electrons. The van der Waals surface area contributed by atoms with Crippen LogP contribution < -0.4 is 0 Å². The molecule has 1 heterocycles. The van der Waals surface area contributed by atoms with Crippen molar-refractivity contribution in [3.05, 3.63) is 35.9 Å². The van der Waals surface area contributed by atoms with Crippen molar-refractivity contribution in [1.82, 2.24) is 0 Å². The zero-order valence-corrected chi connectivity index (χ0v) is 23.2. The number of hydrogen-bond donors (Lipinski definition) is 0. The molecule has 202 valence electrons. The molecule has 2 saturated carbocycles. The third-order valence-electron chi connectivity index (χ3n) is 8.77. The Morgan fingerprint density at radius 1 is 1.08 bits per heavy atom. The first kappa shape index (κ1) is 27.8. The summed E-state index contributed by atoms with van der Waals surface area (Å²) < 4.78 is 25.1. The summed E-state index contributed by atoms with van der Waals surface area (Å²) in [5.74, 6) is 0.635. The fraction of sp³-hybridized carbons (Fsp3) is 0.774. The summed E-state index contributed by atoms with van der Waals surface area (Å²) in [5.41, 5.74) is 1.16. The number of rotatable bonds is 11. The summed E-state index contributed by atoms with van der Waals surface area (Å²) in [5, 5.41) is 0. The third-order valence-corrected chi connectivity index (χ3v) is 8.77. The highest BCUT2D eigenvalue weighted by atomic mass is 16.7. The van der Waals surface area contributed by atoms with E-state index in [1.807, 2.05) is 18.2 Å². The molecule has 36 heavy (non-hydrogen) atoms. The molecule has 4 rings (SSSR count). The number of ketones is 1. The third kappa shape index (κ3) is 6.78. The van der Waals surface area contributed by atoms with Gasteiger partial charge in [0.2, 0.25) is 0 Å². The van der Waals surface area contributed by atoms with Gasteiger partial charge in [-0.2, -0.15) is 0 Å². The maximum absolute atomic E-state index is 12.9. The van der Waals surface area contributed by atoms with Crippen molar-refractivity contribution in [2.45, 2.75) is 123 Å². The van der Waals surface area contributed by atoms with Gasteiger partial charge in [0.25, 0.3) is 0 Å². The highest BCUT2D eigenvalue weighted by Gasteiger charge is 2.60. The molecular weight excluding hydrogens is 452 g/mol. The first-order valence-electron chi connectivity index (χ1n) is 14.2.